The summed E-state index contributed by atoms with van der Waals surface area (Å²) in [5, 5.41) is 7.07. The molecule has 1 saturated heterocycles. The molecule has 2 fully saturated rings. The van der Waals surface area contributed by atoms with Crippen molar-refractivity contribution in [1.82, 2.24) is 20.4 Å². The van der Waals surface area contributed by atoms with E-state index in [4.69, 9.17) is 9.26 Å². The number of nitrogens with zero attached hydrogens (tertiary/aromatic N) is 4. The second kappa shape index (κ2) is 7.09. The van der Waals surface area contributed by atoms with E-state index in [1.165, 1.54) is 12.8 Å². The van der Waals surface area contributed by atoms with E-state index < -0.39 is 0 Å². The molecule has 0 atom stereocenters. The highest BCUT2D eigenvalue weighted by Gasteiger charge is 2.26. The fraction of sp³-hybridized carbons (Fsp3) is 0.800. The van der Waals surface area contributed by atoms with E-state index in [-0.39, 0.29) is 0 Å². The first-order valence-corrected chi connectivity index (χ1v) is 8.11. The van der Waals surface area contributed by atoms with Crippen molar-refractivity contribution in [3.63, 3.8) is 0 Å². The number of nitrogens with one attached hydrogen (secondary N) is 1. The number of guanidine groups is 1. The Bertz CT molecular complexity index is 504. The Morgan fingerprint density at radius 1 is 1.36 bits per heavy atom. The van der Waals surface area contributed by atoms with Gasteiger partial charge in [0.25, 0.3) is 0 Å². The van der Waals surface area contributed by atoms with E-state index >= 15 is 0 Å². The number of aromatic nitrogens is 2. The zero-order valence-corrected chi connectivity index (χ0v) is 13.4. The molecule has 3 rings (SSSR count). The van der Waals surface area contributed by atoms with Gasteiger partial charge in [-0.2, -0.15) is 4.98 Å². The lowest BCUT2D eigenvalue weighted by molar-refractivity contribution is 0.0131. The first kappa shape index (κ1) is 15.3. The maximum atomic E-state index is 5.98. The van der Waals surface area contributed by atoms with Gasteiger partial charge in [-0.25, -0.2) is 0 Å². The summed E-state index contributed by atoms with van der Waals surface area (Å²) in [6, 6.07) is 0. The summed E-state index contributed by atoms with van der Waals surface area (Å²) in [6.45, 7) is 5.21. The molecule has 1 N–H and O–H groups in total. The average Bonchev–Trinajstić information content (AvgIpc) is 3.28. The maximum Gasteiger partial charge on any atom is 0.246 e. The predicted molar refractivity (Wildman–Crippen MR) is 82.5 cm³/mol. The SMILES string of the molecule is CN=C(NCc1nc(C)no1)N1CCC(OCC2CC2)CC1. The van der Waals surface area contributed by atoms with Crippen LogP contribution in [0.15, 0.2) is 9.52 Å². The lowest BCUT2D eigenvalue weighted by atomic mass is 10.1. The minimum absolute atomic E-state index is 0.411. The molecule has 1 aliphatic heterocycles. The van der Waals surface area contributed by atoms with Crippen LogP contribution in [0.2, 0.25) is 0 Å². The Kier molecular flexibility index (Phi) is 4.92. The Morgan fingerprint density at radius 2 is 2.14 bits per heavy atom. The van der Waals surface area contributed by atoms with Crippen LogP contribution in [0.1, 0.15) is 37.4 Å². The molecule has 1 aliphatic carbocycles. The molecule has 0 spiro atoms. The van der Waals surface area contributed by atoms with Crippen molar-refractivity contribution in [3.05, 3.63) is 11.7 Å². The molecule has 2 aliphatic rings. The minimum Gasteiger partial charge on any atom is -0.378 e. The molecule has 0 aromatic carbocycles. The molecule has 7 heteroatoms. The van der Waals surface area contributed by atoms with Crippen molar-refractivity contribution in [2.24, 2.45) is 10.9 Å². The zero-order valence-electron chi connectivity index (χ0n) is 13.4. The molecule has 1 saturated carbocycles. The number of aliphatic imine (C=N–C) groups is 1. The van der Waals surface area contributed by atoms with Gasteiger partial charge in [-0.05, 0) is 38.5 Å². The molecular weight excluding hydrogens is 282 g/mol. The number of piperidine rings is 1. The van der Waals surface area contributed by atoms with Crippen molar-refractivity contribution in [2.45, 2.75) is 45.3 Å². The Morgan fingerprint density at radius 3 is 2.73 bits per heavy atom. The first-order valence-electron chi connectivity index (χ1n) is 8.11. The largest absolute Gasteiger partial charge is 0.378 e. The van der Waals surface area contributed by atoms with Gasteiger partial charge in [0, 0.05) is 26.7 Å². The van der Waals surface area contributed by atoms with E-state index in [9.17, 15) is 0 Å². The third-order valence-electron chi connectivity index (χ3n) is 4.19. The molecule has 122 valence electrons. The smallest absolute Gasteiger partial charge is 0.246 e. The van der Waals surface area contributed by atoms with E-state index in [2.05, 4.69) is 25.3 Å². The van der Waals surface area contributed by atoms with Crippen LogP contribution in [0, 0.1) is 12.8 Å². The highest BCUT2D eigenvalue weighted by molar-refractivity contribution is 5.79. The van der Waals surface area contributed by atoms with Gasteiger partial charge in [0.1, 0.15) is 0 Å². The summed E-state index contributed by atoms with van der Waals surface area (Å²) < 4.78 is 11.1. The van der Waals surface area contributed by atoms with Gasteiger partial charge in [-0.15, -0.1) is 0 Å². The summed E-state index contributed by atoms with van der Waals surface area (Å²) in [6.07, 6.45) is 5.24. The van der Waals surface area contributed by atoms with Gasteiger partial charge in [0.2, 0.25) is 5.89 Å². The molecular formula is C15H25N5O2. The summed E-state index contributed by atoms with van der Waals surface area (Å²) in [5.74, 6) is 2.96. The van der Waals surface area contributed by atoms with E-state index in [0.717, 1.165) is 44.4 Å². The third kappa shape index (κ3) is 4.19. The van der Waals surface area contributed by atoms with Gasteiger partial charge in [-0.1, -0.05) is 5.16 Å². The second-order valence-electron chi connectivity index (χ2n) is 6.10. The maximum absolute atomic E-state index is 5.98. The van der Waals surface area contributed by atoms with Gasteiger partial charge in [0.05, 0.1) is 12.6 Å². The normalized spacial score (nSPS) is 20.5. The molecule has 0 bridgehead atoms. The predicted octanol–water partition coefficient (Wildman–Crippen LogP) is 1.34. The summed E-state index contributed by atoms with van der Waals surface area (Å²) in [5.41, 5.74) is 0. The number of hydrogen-bond donors (Lipinski definition) is 1. The second-order valence-corrected chi connectivity index (χ2v) is 6.10. The fourth-order valence-corrected chi connectivity index (χ4v) is 2.69. The number of likely N-dealkylation sites (tertiary alicyclic amines) is 1. The molecule has 0 radical (unpaired) electrons. The van der Waals surface area contributed by atoms with Crippen LogP contribution in [-0.4, -0.2) is 53.8 Å². The monoisotopic (exact) mass is 307 g/mol. The summed E-state index contributed by atoms with van der Waals surface area (Å²) in [4.78, 5) is 10.8. The molecule has 0 amide bonds. The van der Waals surface area contributed by atoms with Crippen LogP contribution in [0.5, 0.6) is 0 Å². The van der Waals surface area contributed by atoms with Crippen molar-refractivity contribution in [3.8, 4) is 0 Å². The van der Waals surface area contributed by atoms with Gasteiger partial charge < -0.3 is 19.5 Å². The van der Waals surface area contributed by atoms with Crippen molar-refractivity contribution in [1.29, 1.82) is 0 Å². The molecule has 0 unspecified atom stereocenters. The topological polar surface area (TPSA) is 75.8 Å². The molecule has 22 heavy (non-hydrogen) atoms. The van der Waals surface area contributed by atoms with Crippen LogP contribution in [-0.2, 0) is 11.3 Å². The standard InChI is InChI=1S/C15H25N5O2/c1-11-18-14(22-19-11)9-17-15(16-2)20-7-5-13(6-8-20)21-10-12-3-4-12/h12-13H,3-10H2,1-2H3,(H,16,17). The molecule has 1 aromatic heterocycles. The Balaban J connectivity index is 1.41. The van der Waals surface area contributed by atoms with Crippen LogP contribution < -0.4 is 5.32 Å². The fourth-order valence-electron chi connectivity index (χ4n) is 2.69. The Labute approximate surface area is 131 Å². The van der Waals surface area contributed by atoms with Crippen LogP contribution in [0.3, 0.4) is 0 Å². The minimum atomic E-state index is 0.411. The number of rotatable bonds is 5. The quantitative estimate of drug-likeness (QED) is 0.653. The van der Waals surface area contributed by atoms with Crippen LogP contribution >= 0.6 is 0 Å². The van der Waals surface area contributed by atoms with E-state index in [0.29, 0.717) is 24.4 Å². The number of aryl methyl sites for hydroxylation is 1. The van der Waals surface area contributed by atoms with Crippen molar-refractivity contribution < 1.29 is 9.26 Å². The highest BCUT2D eigenvalue weighted by atomic mass is 16.5. The van der Waals surface area contributed by atoms with Crippen molar-refractivity contribution >= 4 is 5.96 Å². The molecule has 1 aromatic rings. The zero-order chi connectivity index (χ0) is 15.4. The highest BCUT2D eigenvalue weighted by Crippen LogP contribution is 2.30. The van der Waals surface area contributed by atoms with Gasteiger partial charge in [0.15, 0.2) is 11.8 Å². The first-order chi connectivity index (χ1) is 10.7. The number of hydrogen-bond acceptors (Lipinski definition) is 5. The van der Waals surface area contributed by atoms with E-state index in [1.807, 2.05) is 6.92 Å². The molecule has 2 heterocycles. The summed E-state index contributed by atoms with van der Waals surface area (Å²) >= 11 is 0. The number of ether oxygens (including phenoxy) is 1. The lowest BCUT2D eigenvalue weighted by Crippen LogP contribution is -2.46. The average molecular weight is 307 g/mol. The van der Waals surface area contributed by atoms with Crippen LogP contribution in [0.25, 0.3) is 0 Å². The molecule has 7 nitrogen and oxygen atoms in total. The van der Waals surface area contributed by atoms with Crippen molar-refractivity contribution in [2.75, 3.05) is 26.7 Å². The van der Waals surface area contributed by atoms with Gasteiger partial charge >= 0.3 is 0 Å². The van der Waals surface area contributed by atoms with Gasteiger partial charge in [-0.3, -0.25) is 4.99 Å². The van der Waals surface area contributed by atoms with E-state index in [1.54, 1.807) is 7.05 Å². The Hall–Kier alpha value is -1.63. The summed E-state index contributed by atoms with van der Waals surface area (Å²) in [7, 11) is 1.80. The third-order valence-corrected chi connectivity index (χ3v) is 4.19. The lowest BCUT2D eigenvalue weighted by Gasteiger charge is -2.34. The van der Waals surface area contributed by atoms with Crippen LogP contribution in [0.4, 0.5) is 0 Å².